The Labute approximate surface area is 153 Å². The van der Waals surface area contributed by atoms with E-state index in [0.29, 0.717) is 18.3 Å². The molecule has 0 atom stereocenters. The first kappa shape index (κ1) is 16.0. The predicted octanol–water partition coefficient (Wildman–Crippen LogP) is 4.22. The van der Waals surface area contributed by atoms with Gasteiger partial charge in [0.05, 0.1) is 21.4 Å². The lowest BCUT2D eigenvalue weighted by atomic mass is 10.1. The Morgan fingerprint density at radius 1 is 1.12 bits per heavy atom. The third kappa shape index (κ3) is 2.84. The Balaban J connectivity index is 1.73. The molecule has 0 saturated heterocycles. The number of rotatable bonds is 3. The maximum atomic E-state index is 5.46. The van der Waals surface area contributed by atoms with Gasteiger partial charge in [-0.1, -0.05) is 23.4 Å². The number of halogens is 1. The van der Waals surface area contributed by atoms with Gasteiger partial charge >= 0.3 is 0 Å². The topological polar surface area (TPSA) is 69.6 Å². The van der Waals surface area contributed by atoms with E-state index in [2.05, 4.69) is 36.2 Å². The fourth-order valence-corrected chi connectivity index (χ4v) is 3.16. The second-order valence-corrected chi connectivity index (χ2v) is 6.78. The van der Waals surface area contributed by atoms with Crippen molar-refractivity contribution < 1.29 is 4.52 Å². The van der Waals surface area contributed by atoms with Gasteiger partial charge in [0.25, 0.3) is 0 Å². The Morgan fingerprint density at radius 3 is 2.68 bits per heavy atom. The van der Waals surface area contributed by atoms with E-state index in [4.69, 9.17) is 4.52 Å². The van der Waals surface area contributed by atoms with Crippen molar-refractivity contribution in [1.82, 2.24) is 24.9 Å². The molecule has 0 aliphatic heterocycles. The van der Waals surface area contributed by atoms with Crippen molar-refractivity contribution >= 4 is 26.8 Å². The van der Waals surface area contributed by atoms with Gasteiger partial charge in [-0.05, 0) is 48.8 Å². The minimum atomic E-state index is 0.438. The fraction of sp³-hybridized carbons (Fsp3) is 0.222. The lowest BCUT2D eigenvalue weighted by molar-refractivity contribution is 0.364. The zero-order chi connectivity index (χ0) is 17.6. The van der Waals surface area contributed by atoms with Crippen LogP contribution in [0.1, 0.15) is 23.0 Å². The van der Waals surface area contributed by atoms with Crippen LogP contribution >= 0.6 is 15.9 Å². The molecule has 0 aliphatic rings. The summed E-state index contributed by atoms with van der Waals surface area (Å²) in [6, 6.07) is 9.94. The fourth-order valence-electron chi connectivity index (χ4n) is 2.88. The molecule has 0 unspecified atom stereocenters. The van der Waals surface area contributed by atoms with E-state index in [0.717, 1.165) is 38.0 Å². The van der Waals surface area contributed by atoms with Crippen molar-refractivity contribution in [3.8, 4) is 11.4 Å². The van der Waals surface area contributed by atoms with Crippen LogP contribution in [0.3, 0.4) is 0 Å². The largest absolute Gasteiger partial charge is 0.337 e. The molecule has 4 aromatic rings. The molecular formula is C18H16BrN5O. The smallest absolute Gasteiger partial charge is 0.248 e. The van der Waals surface area contributed by atoms with Crippen LogP contribution in [0.5, 0.6) is 0 Å². The molecule has 0 saturated carbocycles. The molecule has 0 radical (unpaired) electrons. The standard InChI is InChI=1S/C18H16BrN5O/c1-10-8-14(13-6-4-5-7-15(13)20-10)18-21-16(25-23-18)9-24-12(3)17(19)11(2)22-24/h4-8H,9H2,1-3H3. The molecule has 1 aromatic carbocycles. The number of pyridine rings is 1. The number of benzene rings is 1. The number of aromatic nitrogens is 5. The van der Waals surface area contributed by atoms with Gasteiger partial charge in [0.2, 0.25) is 11.7 Å². The molecule has 25 heavy (non-hydrogen) atoms. The monoisotopic (exact) mass is 397 g/mol. The van der Waals surface area contributed by atoms with E-state index >= 15 is 0 Å². The van der Waals surface area contributed by atoms with E-state index in [1.54, 1.807) is 0 Å². The summed E-state index contributed by atoms with van der Waals surface area (Å²) < 4.78 is 8.31. The number of aryl methyl sites for hydroxylation is 2. The molecule has 7 heteroatoms. The number of nitrogens with zero attached hydrogens (tertiary/aromatic N) is 5. The van der Waals surface area contributed by atoms with Crippen LogP contribution in [0, 0.1) is 20.8 Å². The van der Waals surface area contributed by atoms with E-state index in [9.17, 15) is 0 Å². The Hall–Kier alpha value is -2.54. The number of hydrogen-bond acceptors (Lipinski definition) is 5. The van der Waals surface area contributed by atoms with E-state index in [1.807, 2.05) is 55.8 Å². The average Bonchev–Trinajstić information content (AvgIpc) is 3.15. The molecule has 0 amide bonds. The summed E-state index contributed by atoms with van der Waals surface area (Å²) in [6.45, 7) is 6.36. The van der Waals surface area contributed by atoms with Crippen LogP contribution in [-0.2, 0) is 6.54 Å². The lowest BCUT2D eigenvalue weighted by Crippen LogP contribution is -2.04. The molecule has 6 nitrogen and oxygen atoms in total. The minimum Gasteiger partial charge on any atom is -0.337 e. The summed E-state index contributed by atoms with van der Waals surface area (Å²) in [6.07, 6.45) is 0. The quantitative estimate of drug-likeness (QED) is 0.517. The molecule has 3 heterocycles. The highest BCUT2D eigenvalue weighted by atomic mass is 79.9. The highest BCUT2D eigenvalue weighted by Crippen LogP contribution is 2.27. The molecule has 0 spiro atoms. The van der Waals surface area contributed by atoms with Crippen LogP contribution in [-0.4, -0.2) is 24.9 Å². The van der Waals surface area contributed by atoms with Crippen molar-refractivity contribution in [3.05, 3.63) is 57.8 Å². The molecule has 0 aliphatic carbocycles. The summed E-state index contributed by atoms with van der Waals surface area (Å²) in [4.78, 5) is 9.12. The molecule has 0 N–H and O–H groups in total. The third-order valence-electron chi connectivity index (χ3n) is 4.13. The van der Waals surface area contributed by atoms with Gasteiger partial charge in [-0.25, -0.2) is 0 Å². The highest BCUT2D eigenvalue weighted by Gasteiger charge is 2.15. The van der Waals surface area contributed by atoms with Crippen LogP contribution in [0.15, 0.2) is 39.3 Å². The Bertz CT molecular complexity index is 1080. The van der Waals surface area contributed by atoms with Crippen molar-refractivity contribution in [1.29, 1.82) is 0 Å². The normalized spacial score (nSPS) is 11.4. The Morgan fingerprint density at radius 2 is 1.92 bits per heavy atom. The summed E-state index contributed by atoms with van der Waals surface area (Å²) in [5, 5.41) is 9.66. The number of hydrogen-bond donors (Lipinski definition) is 0. The molecule has 0 bridgehead atoms. The van der Waals surface area contributed by atoms with Crippen LogP contribution in [0.2, 0.25) is 0 Å². The van der Waals surface area contributed by atoms with Crippen molar-refractivity contribution in [3.63, 3.8) is 0 Å². The van der Waals surface area contributed by atoms with E-state index in [-0.39, 0.29) is 0 Å². The molecule has 3 aromatic heterocycles. The summed E-state index contributed by atoms with van der Waals surface area (Å²) in [7, 11) is 0. The maximum Gasteiger partial charge on any atom is 0.248 e. The Kier molecular flexibility index (Phi) is 3.88. The average molecular weight is 398 g/mol. The molecule has 4 rings (SSSR count). The minimum absolute atomic E-state index is 0.438. The predicted molar refractivity (Wildman–Crippen MR) is 98.3 cm³/mol. The van der Waals surface area contributed by atoms with Gasteiger partial charge in [0.15, 0.2) is 0 Å². The molecular weight excluding hydrogens is 382 g/mol. The first-order chi connectivity index (χ1) is 12.0. The van der Waals surface area contributed by atoms with Gasteiger partial charge < -0.3 is 4.52 Å². The van der Waals surface area contributed by atoms with Gasteiger partial charge in [-0.2, -0.15) is 10.1 Å². The summed E-state index contributed by atoms with van der Waals surface area (Å²) in [5.74, 6) is 1.09. The SMILES string of the molecule is Cc1cc(-c2noc(Cn3nc(C)c(Br)c3C)n2)c2ccccc2n1. The van der Waals surface area contributed by atoms with Crippen LogP contribution in [0.4, 0.5) is 0 Å². The second kappa shape index (κ2) is 6.07. The zero-order valence-corrected chi connectivity index (χ0v) is 15.7. The van der Waals surface area contributed by atoms with Gasteiger partial charge in [-0.3, -0.25) is 9.67 Å². The molecule has 126 valence electrons. The first-order valence-electron chi connectivity index (χ1n) is 7.92. The van der Waals surface area contributed by atoms with Crippen molar-refractivity contribution in [2.75, 3.05) is 0 Å². The number of para-hydroxylation sites is 1. The summed E-state index contributed by atoms with van der Waals surface area (Å²) >= 11 is 3.53. The van der Waals surface area contributed by atoms with Crippen molar-refractivity contribution in [2.45, 2.75) is 27.3 Å². The van der Waals surface area contributed by atoms with Gasteiger partial charge in [-0.15, -0.1) is 0 Å². The maximum absolute atomic E-state index is 5.46. The van der Waals surface area contributed by atoms with Crippen LogP contribution in [0.25, 0.3) is 22.3 Å². The third-order valence-corrected chi connectivity index (χ3v) is 5.28. The first-order valence-corrected chi connectivity index (χ1v) is 8.71. The lowest BCUT2D eigenvalue weighted by Gasteiger charge is -2.03. The van der Waals surface area contributed by atoms with Crippen LogP contribution < -0.4 is 0 Å². The molecule has 0 fully saturated rings. The highest BCUT2D eigenvalue weighted by molar-refractivity contribution is 9.10. The van der Waals surface area contributed by atoms with E-state index in [1.165, 1.54) is 0 Å². The zero-order valence-electron chi connectivity index (χ0n) is 14.1. The van der Waals surface area contributed by atoms with Gasteiger partial charge in [0.1, 0.15) is 6.54 Å². The van der Waals surface area contributed by atoms with Gasteiger partial charge in [0, 0.05) is 16.6 Å². The second-order valence-electron chi connectivity index (χ2n) is 5.98. The summed E-state index contributed by atoms with van der Waals surface area (Å²) in [5.41, 5.74) is 4.73. The van der Waals surface area contributed by atoms with Crippen molar-refractivity contribution in [2.24, 2.45) is 0 Å². The van der Waals surface area contributed by atoms with E-state index < -0.39 is 0 Å². The number of fused-ring (bicyclic) bond motifs is 1.